The summed E-state index contributed by atoms with van der Waals surface area (Å²) in [4.78, 5) is 2.58. The van der Waals surface area contributed by atoms with Gasteiger partial charge in [0.2, 0.25) is 0 Å². The second kappa shape index (κ2) is 2.76. The largest absolute Gasteiger partial charge is 0.330 e. The van der Waals surface area contributed by atoms with E-state index in [-0.39, 0.29) is 0 Å². The van der Waals surface area contributed by atoms with E-state index in [1.807, 2.05) is 0 Å². The van der Waals surface area contributed by atoms with Gasteiger partial charge in [0, 0.05) is 6.54 Å². The van der Waals surface area contributed by atoms with E-state index in [1.165, 1.54) is 45.3 Å². The van der Waals surface area contributed by atoms with Crippen LogP contribution in [0.4, 0.5) is 0 Å². The fraction of sp³-hybridized carbons (Fsp3) is 1.00. The fourth-order valence-corrected chi connectivity index (χ4v) is 2.53. The van der Waals surface area contributed by atoms with Crippen LogP contribution in [0.2, 0.25) is 0 Å². The normalized spacial score (nSPS) is 43.9. The maximum atomic E-state index is 5.82. The van der Waals surface area contributed by atoms with Crippen molar-refractivity contribution in [2.45, 2.75) is 25.7 Å². The van der Waals surface area contributed by atoms with Gasteiger partial charge in [0.15, 0.2) is 0 Å². The van der Waals surface area contributed by atoms with Crippen LogP contribution >= 0.6 is 0 Å². The average molecular weight is 154 g/mol. The molecular formula is C9H18N2. The highest BCUT2D eigenvalue weighted by Gasteiger charge is 2.37. The minimum absolute atomic E-state index is 0.524. The Balaban J connectivity index is 2.08. The molecule has 2 unspecified atom stereocenters. The molecule has 64 valence electrons. The van der Waals surface area contributed by atoms with Gasteiger partial charge in [-0.3, -0.25) is 0 Å². The lowest BCUT2D eigenvalue weighted by atomic mass is 9.82. The second-order valence-electron chi connectivity index (χ2n) is 4.19. The predicted molar refractivity (Wildman–Crippen MR) is 46.4 cm³/mol. The lowest BCUT2D eigenvalue weighted by Gasteiger charge is -2.25. The molecule has 0 spiro atoms. The molecule has 2 nitrogen and oxygen atoms in total. The molecule has 2 heteroatoms. The maximum absolute atomic E-state index is 5.82. The summed E-state index contributed by atoms with van der Waals surface area (Å²) >= 11 is 0. The summed E-state index contributed by atoms with van der Waals surface area (Å²) in [5.41, 5.74) is 6.34. The Bertz CT molecular complexity index is 146. The van der Waals surface area contributed by atoms with E-state index in [0.29, 0.717) is 5.41 Å². The fourth-order valence-electron chi connectivity index (χ4n) is 2.53. The minimum Gasteiger partial charge on any atom is -0.330 e. The first kappa shape index (κ1) is 7.56. The van der Waals surface area contributed by atoms with Crippen LogP contribution in [-0.2, 0) is 0 Å². The van der Waals surface area contributed by atoms with Crippen LogP contribution in [0.5, 0.6) is 0 Å². The summed E-state index contributed by atoms with van der Waals surface area (Å²) in [5.74, 6) is 0. The van der Waals surface area contributed by atoms with E-state index in [1.54, 1.807) is 0 Å². The number of fused-ring (bicyclic) bond motifs is 2. The van der Waals surface area contributed by atoms with Crippen molar-refractivity contribution in [2.75, 3.05) is 26.2 Å². The van der Waals surface area contributed by atoms with E-state index < -0.39 is 0 Å². The standard InChI is InChI=1S/C9H18N2/c10-7-9-3-1-2-5-11(8-9)6-4-9/h1-8,10H2. The maximum Gasteiger partial charge on any atom is 0.00505 e. The molecule has 0 aromatic carbocycles. The van der Waals surface area contributed by atoms with Gasteiger partial charge < -0.3 is 10.6 Å². The molecule has 11 heavy (non-hydrogen) atoms. The highest BCUT2D eigenvalue weighted by Crippen LogP contribution is 2.36. The number of nitrogens with zero attached hydrogens (tertiary/aromatic N) is 1. The van der Waals surface area contributed by atoms with Crippen LogP contribution in [0.1, 0.15) is 25.7 Å². The van der Waals surface area contributed by atoms with Crippen molar-refractivity contribution in [3.8, 4) is 0 Å². The van der Waals surface area contributed by atoms with E-state index >= 15 is 0 Å². The monoisotopic (exact) mass is 154 g/mol. The molecular weight excluding hydrogens is 136 g/mol. The summed E-state index contributed by atoms with van der Waals surface area (Å²) in [5, 5.41) is 0. The Hall–Kier alpha value is -0.0800. The van der Waals surface area contributed by atoms with E-state index in [9.17, 15) is 0 Å². The van der Waals surface area contributed by atoms with Gasteiger partial charge >= 0.3 is 0 Å². The third-order valence-electron chi connectivity index (χ3n) is 3.38. The molecule has 2 saturated heterocycles. The molecule has 0 aromatic rings. The highest BCUT2D eigenvalue weighted by atomic mass is 15.2. The average Bonchev–Trinajstić information content (AvgIpc) is 2.28. The summed E-state index contributed by atoms with van der Waals surface area (Å²) in [6, 6.07) is 0. The van der Waals surface area contributed by atoms with E-state index in [2.05, 4.69) is 4.90 Å². The van der Waals surface area contributed by atoms with Crippen LogP contribution in [-0.4, -0.2) is 31.1 Å². The van der Waals surface area contributed by atoms with E-state index in [4.69, 9.17) is 5.73 Å². The molecule has 2 N–H and O–H groups in total. The summed E-state index contributed by atoms with van der Waals surface area (Å²) in [7, 11) is 0. The van der Waals surface area contributed by atoms with Gasteiger partial charge in [0.25, 0.3) is 0 Å². The van der Waals surface area contributed by atoms with Crippen LogP contribution in [0.25, 0.3) is 0 Å². The molecule has 2 aliphatic heterocycles. The SMILES string of the molecule is NCC12CCCCN(CC1)C2. The lowest BCUT2D eigenvalue weighted by molar-refractivity contribution is 0.280. The molecule has 0 radical (unpaired) electrons. The smallest absolute Gasteiger partial charge is 0.00505 e. The molecule has 0 saturated carbocycles. The summed E-state index contributed by atoms with van der Waals surface area (Å²) in [6.45, 7) is 4.81. The van der Waals surface area contributed by atoms with Gasteiger partial charge in [-0.2, -0.15) is 0 Å². The summed E-state index contributed by atoms with van der Waals surface area (Å²) < 4.78 is 0. The molecule has 0 aliphatic carbocycles. The Labute approximate surface area is 68.7 Å². The van der Waals surface area contributed by atoms with Crippen molar-refractivity contribution in [1.29, 1.82) is 0 Å². The molecule has 2 fully saturated rings. The Morgan fingerprint density at radius 3 is 2.91 bits per heavy atom. The zero-order valence-corrected chi connectivity index (χ0v) is 7.18. The van der Waals surface area contributed by atoms with Crippen LogP contribution in [0, 0.1) is 5.41 Å². The predicted octanol–water partition coefficient (Wildman–Crippen LogP) is 0.821. The third-order valence-corrected chi connectivity index (χ3v) is 3.38. The number of hydrogen-bond acceptors (Lipinski definition) is 2. The lowest BCUT2D eigenvalue weighted by Crippen LogP contribution is -2.32. The van der Waals surface area contributed by atoms with Crippen molar-refractivity contribution in [3.63, 3.8) is 0 Å². The van der Waals surface area contributed by atoms with Crippen molar-refractivity contribution in [3.05, 3.63) is 0 Å². The first-order valence-corrected chi connectivity index (χ1v) is 4.77. The quantitative estimate of drug-likeness (QED) is 0.606. The first-order valence-electron chi connectivity index (χ1n) is 4.77. The number of nitrogens with two attached hydrogens (primary N) is 1. The van der Waals surface area contributed by atoms with Crippen LogP contribution < -0.4 is 5.73 Å². The Morgan fingerprint density at radius 2 is 2.09 bits per heavy atom. The van der Waals surface area contributed by atoms with Crippen molar-refractivity contribution in [1.82, 2.24) is 4.90 Å². The molecule has 2 atom stereocenters. The molecule has 2 heterocycles. The van der Waals surface area contributed by atoms with Gasteiger partial charge in [-0.1, -0.05) is 6.42 Å². The van der Waals surface area contributed by atoms with Crippen molar-refractivity contribution in [2.24, 2.45) is 11.1 Å². The van der Waals surface area contributed by atoms with Gasteiger partial charge in [-0.25, -0.2) is 0 Å². The van der Waals surface area contributed by atoms with Crippen molar-refractivity contribution < 1.29 is 0 Å². The Kier molecular flexibility index (Phi) is 1.90. The first-order chi connectivity index (χ1) is 5.35. The van der Waals surface area contributed by atoms with Crippen LogP contribution in [0.3, 0.4) is 0 Å². The molecule has 2 aliphatic rings. The highest BCUT2D eigenvalue weighted by molar-refractivity contribution is 4.92. The molecule has 2 rings (SSSR count). The zero-order valence-electron chi connectivity index (χ0n) is 7.18. The number of hydrogen-bond donors (Lipinski definition) is 1. The summed E-state index contributed by atoms with van der Waals surface area (Å²) in [6.07, 6.45) is 5.51. The molecule has 2 bridgehead atoms. The third kappa shape index (κ3) is 1.30. The van der Waals surface area contributed by atoms with Gasteiger partial charge in [0.1, 0.15) is 0 Å². The zero-order chi connectivity index (χ0) is 7.73. The van der Waals surface area contributed by atoms with Gasteiger partial charge in [-0.05, 0) is 44.3 Å². The van der Waals surface area contributed by atoms with Gasteiger partial charge in [0.05, 0.1) is 0 Å². The second-order valence-corrected chi connectivity index (χ2v) is 4.19. The molecule has 0 amide bonds. The molecule has 0 aromatic heterocycles. The van der Waals surface area contributed by atoms with Gasteiger partial charge in [-0.15, -0.1) is 0 Å². The Morgan fingerprint density at radius 1 is 1.18 bits per heavy atom. The van der Waals surface area contributed by atoms with Crippen LogP contribution in [0.15, 0.2) is 0 Å². The van der Waals surface area contributed by atoms with Crippen molar-refractivity contribution >= 4 is 0 Å². The minimum atomic E-state index is 0.524. The topological polar surface area (TPSA) is 29.3 Å². The van der Waals surface area contributed by atoms with E-state index in [0.717, 1.165) is 6.54 Å². The number of rotatable bonds is 1.